The Hall–Kier alpha value is -1.84. The van der Waals surface area contributed by atoms with Gasteiger partial charge in [-0.2, -0.15) is 0 Å². The molecule has 0 aliphatic carbocycles. The van der Waals surface area contributed by atoms with E-state index in [-0.39, 0.29) is 24.9 Å². The van der Waals surface area contributed by atoms with Gasteiger partial charge in [0.1, 0.15) is 6.54 Å². The zero-order chi connectivity index (χ0) is 12.4. The second-order valence-electron chi connectivity index (χ2n) is 4.21. The first-order valence-electron chi connectivity index (χ1n) is 5.75. The van der Waals surface area contributed by atoms with E-state index in [1.807, 2.05) is 31.2 Å². The maximum atomic E-state index is 12.0. The summed E-state index contributed by atoms with van der Waals surface area (Å²) in [6.07, 6.45) is 0.851. The van der Waals surface area contributed by atoms with Crippen LogP contribution in [0.2, 0.25) is 0 Å². The maximum absolute atomic E-state index is 12.0. The van der Waals surface area contributed by atoms with Crippen molar-refractivity contribution in [2.24, 2.45) is 0 Å². The Morgan fingerprint density at radius 1 is 1.12 bits per heavy atom. The lowest BCUT2D eigenvalue weighted by Crippen LogP contribution is -2.52. The SMILES string of the molecule is CCc1ccccc1N1CC(=O)N(C)CC1=O. The molecule has 0 N–H and O–H groups in total. The van der Waals surface area contributed by atoms with Gasteiger partial charge in [-0.15, -0.1) is 0 Å². The largest absolute Gasteiger partial charge is 0.335 e. The quantitative estimate of drug-likeness (QED) is 0.765. The van der Waals surface area contributed by atoms with Crippen molar-refractivity contribution >= 4 is 17.5 Å². The molecule has 0 radical (unpaired) electrons. The van der Waals surface area contributed by atoms with E-state index < -0.39 is 0 Å². The van der Waals surface area contributed by atoms with Gasteiger partial charge < -0.3 is 9.80 Å². The van der Waals surface area contributed by atoms with Crippen LogP contribution in [0.1, 0.15) is 12.5 Å². The standard InChI is InChI=1S/C13H16N2O2/c1-3-10-6-4-5-7-11(10)15-9-12(16)14(2)8-13(15)17/h4-7H,3,8-9H2,1-2H3. The van der Waals surface area contributed by atoms with Crippen LogP contribution in [0, 0.1) is 0 Å². The van der Waals surface area contributed by atoms with Gasteiger partial charge in [0, 0.05) is 12.7 Å². The predicted molar refractivity (Wildman–Crippen MR) is 65.8 cm³/mol. The van der Waals surface area contributed by atoms with Crippen LogP contribution >= 0.6 is 0 Å². The van der Waals surface area contributed by atoms with Crippen molar-refractivity contribution in [3.8, 4) is 0 Å². The molecule has 1 heterocycles. The predicted octanol–water partition coefficient (Wildman–Crippen LogP) is 1.05. The van der Waals surface area contributed by atoms with Crippen molar-refractivity contribution < 1.29 is 9.59 Å². The van der Waals surface area contributed by atoms with E-state index in [0.29, 0.717) is 0 Å². The summed E-state index contributed by atoms with van der Waals surface area (Å²) >= 11 is 0. The summed E-state index contributed by atoms with van der Waals surface area (Å²) in [6, 6.07) is 7.73. The summed E-state index contributed by atoms with van der Waals surface area (Å²) in [7, 11) is 1.66. The first-order valence-corrected chi connectivity index (χ1v) is 5.75. The molecule has 1 fully saturated rings. The summed E-state index contributed by atoms with van der Waals surface area (Å²) < 4.78 is 0. The summed E-state index contributed by atoms with van der Waals surface area (Å²) in [4.78, 5) is 26.7. The minimum Gasteiger partial charge on any atom is -0.335 e. The normalized spacial score (nSPS) is 16.6. The lowest BCUT2D eigenvalue weighted by atomic mass is 10.1. The molecule has 1 saturated heterocycles. The second-order valence-corrected chi connectivity index (χ2v) is 4.21. The third-order valence-corrected chi connectivity index (χ3v) is 3.06. The average molecular weight is 232 g/mol. The molecule has 0 spiro atoms. The molecule has 4 nitrogen and oxygen atoms in total. The highest BCUT2D eigenvalue weighted by Crippen LogP contribution is 2.22. The Morgan fingerprint density at radius 3 is 2.53 bits per heavy atom. The van der Waals surface area contributed by atoms with Crippen LogP contribution in [0.15, 0.2) is 24.3 Å². The number of benzene rings is 1. The molecule has 1 aromatic rings. The number of carbonyl (C=O) groups is 2. The van der Waals surface area contributed by atoms with E-state index in [1.165, 1.54) is 4.90 Å². The first kappa shape index (κ1) is 11.6. The van der Waals surface area contributed by atoms with Crippen LogP contribution in [0.25, 0.3) is 0 Å². The second kappa shape index (κ2) is 4.57. The van der Waals surface area contributed by atoms with E-state index in [1.54, 1.807) is 11.9 Å². The van der Waals surface area contributed by atoms with Gasteiger partial charge in [-0.3, -0.25) is 9.59 Å². The third-order valence-electron chi connectivity index (χ3n) is 3.06. The van der Waals surface area contributed by atoms with Crippen LogP contribution < -0.4 is 4.90 Å². The van der Waals surface area contributed by atoms with Crippen LogP contribution in [0.5, 0.6) is 0 Å². The Bertz CT molecular complexity index is 456. The average Bonchev–Trinajstić information content (AvgIpc) is 2.34. The number of para-hydroxylation sites is 1. The molecule has 1 aliphatic heterocycles. The lowest BCUT2D eigenvalue weighted by Gasteiger charge is -2.32. The van der Waals surface area contributed by atoms with Gasteiger partial charge in [0.15, 0.2) is 0 Å². The minimum atomic E-state index is -0.0204. The molecule has 1 aliphatic rings. The third kappa shape index (κ3) is 2.16. The van der Waals surface area contributed by atoms with E-state index >= 15 is 0 Å². The number of likely N-dealkylation sites (N-methyl/N-ethyl adjacent to an activating group) is 1. The van der Waals surface area contributed by atoms with E-state index in [2.05, 4.69) is 0 Å². The summed E-state index contributed by atoms with van der Waals surface area (Å²) in [6.45, 7) is 2.35. The lowest BCUT2D eigenvalue weighted by molar-refractivity contribution is -0.136. The molecular formula is C13H16N2O2. The molecular weight excluding hydrogens is 216 g/mol. The first-order chi connectivity index (χ1) is 8.13. The van der Waals surface area contributed by atoms with Crippen LogP contribution in [-0.2, 0) is 16.0 Å². The molecule has 0 atom stereocenters. The zero-order valence-electron chi connectivity index (χ0n) is 10.1. The molecule has 0 saturated carbocycles. The number of rotatable bonds is 2. The van der Waals surface area contributed by atoms with Crippen molar-refractivity contribution in [1.29, 1.82) is 0 Å². The van der Waals surface area contributed by atoms with Crippen LogP contribution in [0.4, 0.5) is 5.69 Å². The number of aryl methyl sites for hydroxylation is 1. The van der Waals surface area contributed by atoms with Gasteiger partial charge in [0.05, 0.1) is 6.54 Å². The van der Waals surface area contributed by atoms with E-state index in [9.17, 15) is 9.59 Å². The molecule has 1 aromatic carbocycles. The highest BCUT2D eigenvalue weighted by molar-refractivity contribution is 6.04. The van der Waals surface area contributed by atoms with E-state index in [0.717, 1.165) is 17.7 Å². The summed E-state index contributed by atoms with van der Waals surface area (Å²) in [5.74, 6) is -0.0384. The Labute approximate surface area is 101 Å². The Balaban J connectivity index is 2.33. The van der Waals surface area contributed by atoms with Gasteiger partial charge in [-0.25, -0.2) is 0 Å². The summed E-state index contributed by atoms with van der Waals surface area (Å²) in [5.41, 5.74) is 1.96. The van der Waals surface area contributed by atoms with Crippen molar-refractivity contribution in [3.63, 3.8) is 0 Å². The highest BCUT2D eigenvalue weighted by Gasteiger charge is 2.29. The van der Waals surface area contributed by atoms with Crippen LogP contribution in [0.3, 0.4) is 0 Å². The molecule has 4 heteroatoms. The number of piperazine rings is 1. The number of carbonyl (C=O) groups excluding carboxylic acids is 2. The fourth-order valence-electron chi connectivity index (χ4n) is 2.01. The van der Waals surface area contributed by atoms with Gasteiger partial charge in [-0.05, 0) is 18.1 Å². The molecule has 0 bridgehead atoms. The minimum absolute atomic E-state index is 0.0180. The zero-order valence-corrected chi connectivity index (χ0v) is 10.1. The number of hydrogen-bond acceptors (Lipinski definition) is 2. The van der Waals surface area contributed by atoms with Gasteiger partial charge >= 0.3 is 0 Å². The van der Waals surface area contributed by atoms with Crippen LogP contribution in [-0.4, -0.2) is 36.9 Å². The molecule has 90 valence electrons. The van der Waals surface area contributed by atoms with Crippen molar-refractivity contribution in [3.05, 3.63) is 29.8 Å². The topological polar surface area (TPSA) is 40.6 Å². The number of nitrogens with zero attached hydrogens (tertiary/aromatic N) is 2. The molecule has 2 amide bonds. The molecule has 0 aromatic heterocycles. The number of hydrogen-bond donors (Lipinski definition) is 0. The highest BCUT2D eigenvalue weighted by atomic mass is 16.2. The van der Waals surface area contributed by atoms with Gasteiger partial charge in [0.25, 0.3) is 0 Å². The maximum Gasteiger partial charge on any atom is 0.247 e. The molecule has 0 unspecified atom stereocenters. The molecule has 2 rings (SSSR count). The smallest absolute Gasteiger partial charge is 0.247 e. The fourth-order valence-corrected chi connectivity index (χ4v) is 2.01. The monoisotopic (exact) mass is 232 g/mol. The van der Waals surface area contributed by atoms with Crippen molar-refractivity contribution in [2.75, 3.05) is 25.0 Å². The Morgan fingerprint density at radius 2 is 1.82 bits per heavy atom. The summed E-state index contributed by atoms with van der Waals surface area (Å²) in [5, 5.41) is 0. The Kier molecular flexibility index (Phi) is 3.13. The van der Waals surface area contributed by atoms with Gasteiger partial charge in [-0.1, -0.05) is 25.1 Å². The van der Waals surface area contributed by atoms with Gasteiger partial charge in [0.2, 0.25) is 11.8 Å². The van der Waals surface area contributed by atoms with Crippen molar-refractivity contribution in [1.82, 2.24) is 4.90 Å². The van der Waals surface area contributed by atoms with E-state index in [4.69, 9.17) is 0 Å². The molecule has 17 heavy (non-hydrogen) atoms. The number of anilines is 1. The number of amides is 2. The fraction of sp³-hybridized carbons (Fsp3) is 0.385. The van der Waals surface area contributed by atoms with Crippen molar-refractivity contribution in [2.45, 2.75) is 13.3 Å².